The molecule has 0 aliphatic carbocycles. The van der Waals surface area contributed by atoms with Gasteiger partial charge in [-0.1, -0.05) is 0 Å². The molecule has 0 spiro atoms. The van der Waals surface area contributed by atoms with Crippen LogP contribution in [0.3, 0.4) is 0 Å². The number of benzene rings is 2. The van der Waals surface area contributed by atoms with Crippen LogP contribution < -0.4 is 10.6 Å². The van der Waals surface area contributed by atoms with E-state index in [4.69, 9.17) is 4.42 Å². The van der Waals surface area contributed by atoms with Gasteiger partial charge in [0, 0.05) is 21.5 Å². The smallest absolute Gasteiger partial charge is 0.291 e. The number of halogens is 1. The van der Waals surface area contributed by atoms with Crippen molar-refractivity contribution in [3.05, 3.63) is 83.9 Å². The van der Waals surface area contributed by atoms with Gasteiger partial charge in [-0.2, -0.15) is 0 Å². The third-order valence-electron chi connectivity index (χ3n) is 4.41. The van der Waals surface area contributed by atoms with E-state index in [0.29, 0.717) is 16.5 Å². The minimum absolute atomic E-state index is 0.176. The number of nitrogens with one attached hydrogen (secondary N) is 2. The lowest BCUT2D eigenvalue weighted by atomic mass is 10.2. The molecule has 162 valence electrons. The molecule has 2 N–H and O–H groups in total. The summed E-state index contributed by atoms with van der Waals surface area (Å²) in [7, 11) is 0. The summed E-state index contributed by atoms with van der Waals surface area (Å²) in [5, 5.41) is 7.51. The van der Waals surface area contributed by atoms with Gasteiger partial charge in [-0.15, -0.1) is 23.1 Å². The molecule has 6 nitrogen and oxygen atoms in total. The Labute approximate surface area is 191 Å². The van der Waals surface area contributed by atoms with E-state index in [1.165, 1.54) is 41.5 Å². The van der Waals surface area contributed by atoms with E-state index >= 15 is 0 Å². The van der Waals surface area contributed by atoms with Gasteiger partial charge in [0.15, 0.2) is 10.9 Å². The number of furan rings is 1. The number of nitrogens with zero attached hydrogens (tertiary/aromatic N) is 1. The number of carbonyl (C=O) groups excluding carboxylic acids is 2. The zero-order valence-electron chi connectivity index (χ0n) is 16.9. The van der Waals surface area contributed by atoms with Crippen molar-refractivity contribution >= 4 is 45.7 Å². The first-order valence-corrected chi connectivity index (χ1v) is 11.4. The van der Waals surface area contributed by atoms with Crippen molar-refractivity contribution < 1.29 is 18.4 Å². The molecule has 0 aliphatic rings. The van der Waals surface area contributed by atoms with E-state index in [1.807, 2.05) is 17.5 Å². The Morgan fingerprint density at radius 2 is 1.81 bits per heavy atom. The molecule has 0 saturated carbocycles. The summed E-state index contributed by atoms with van der Waals surface area (Å²) in [6, 6.07) is 16.5. The van der Waals surface area contributed by atoms with Crippen LogP contribution in [0.4, 0.5) is 15.2 Å². The molecular formula is C23H18FN3O3S2. The SMILES string of the molecule is CC(Sc1ccc(NC(=O)c2ccco2)cc1)C(=O)Nc1nc(-c2ccc(F)cc2)cs1. The minimum Gasteiger partial charge on any atom is -0.459 e. The highest BCUT2D eigenvalue weighted by molar-refractivity contribution is 8.00. The second kappa shape index (κ2) is 9.80. The van der Waals surface area contributed by atoms with Crippen molar-refractivity contribution in [1.29, 1.82) is 0 Å². The standard InChI is InChI=1S/C23H18FN3O3S2/c1-14(21(28)27-23-26-19(13-31-23)15-4-6-16(24)7-5-15)32-18-10-8-17(9-11-18)25-22(29)20-3-2-12-30-20/h2-14H,1H3,(H,25,29)(H,26,27,28). The predicted octanol–water partition coefficient (Wildman–Crippen LogP) is 5.91. The van der Waals surface area contributed by atoms with Gasteiger partial charge in [0.05, 0.1) is 17.2 Å². The van der Waals surface area contributed by atoms with Crippen molar-refractivity contribution in [2.45, 2.75) is 17.1 Å². The third kappa shape index (κ3) is 5.43. The van der Waals surface area contributed by atoms with E-state index in [1.54, 1.807) is 43.3 Å². The summed E-state index contributed by atoms with van der Waals surface area (Å²) in [6.45, 7) is 1.81. The van der Waals surface area contributed by atoms with Crippen LogP contribution in [0.5, 0.6) is 0 Å². The van der Waals surface area contributed by atoms with Crippen LogP contribution >= 0.6 is 23.1 Å². The summed E-state index contributed by atoms with van der Waals surface area (Å²) in [6.07, 6.45) is 1.44. The Morgan fingerprint density at radius 1 is 1.06 bits per heavy atom. The van der Waals surface area contributed by atoms with Gasteiger partial charge >= 0.3 is 0 Å². The lowest BCUT2D eigenvalue weighted by molar-refractivity contribution is -0.115. The molecule has 2 aromatic carbocycles. The summed E-state index contributed by atoms with van der Waals surface area (Å²) in [4.78, 5) is 29.9. The highest BCUT2D eigenvalue weighted by Gasteiger charge is 2.17. The molecule has 0 bridgehead atoms. The van der Waals surface area contributed by atoms with Gasteiger partial charge in [0.1, 0.15) is 5.82 Å². The maximum absolute atomic E-state index is 13.1. The quantitative estimate of drug-likeness (QED) is 0.330. The van der Waals surface area contributed by atoms with Crippen molar-refractivity contribution in [3.63, 3.8) is 0 Å². The zero-order valence-corrected chi connectivity index (χ0v) is 18.5. The maximum Gasteiger partial charge on any atom is 0.291 e. The number of carbonyl (C=O) groups is 2. The highest BCUT2D eigenvalue weighted by atomic mass is 32.2. The molecule has 2 aromatic heterocycles. The summed E-state index contributed by atoms with van der Waals surface area (Å²) < 4.78 is 18.2. The fourth-order valence-electron chi connectivity index (χ4n) is 2.77. The summed E-state index contributed by atoms with van der Waals surface area (Å²) in [5.74, 6) is -0.577. The Balaban J connectivity index is 1.31. The van der Waals surface area contributed by atoms with Crippen LogP contribution in [0.15, 0.2) is 81.6 Å². The van der Waals surface area contributed by atoms with Gasteiger partial charge < -0.3 is 15.1 Å². The van der Waals surface area contributed by atoms with Gasteiger partial charge in [-0.3, -0.25) is 9.59 Å². The van der Waals surface area contributed by atoms with Gasteiger partial charge in [0.25, 0.3) is 5.91 Å². The number of thioether (sulfide) groups is 1. The van der Waals surface area contributed by atoms with Gasteiger partial charge in [0.2, 0.25) is 5.91 Å². The average molecular weight is 468 g/mol. The fraction of sp³-hybridized carbons (Fsp3) is 0.0870. The molecule has 4 aromatic rings. The lowest BCUT2D eigenvalue weighted by Gasteiger charge is -2.11. The molecule has 32 heavy (non-hydrogen) atoms. The topological polar surface area (TPSA) is 84.2 Å². The normalized spacial score (nSPS) is 11.7. The van der Waals surface area contributed by atoms with Crippen molar-refractivity contribution in [3.8, 4) is 11.3 Å². The second-order valence-corrected chi connectivity index (χ2v) is 9.02. The van der Waals surface area contributed by atoms with Crippen LogP contribution in [-0.4, -0.2) is 22.0 Å². The van der Waals surface area contributed by atoms with Crippen LogP contribution in [0.2, 0.25) is 0 Å². The first-order valence-electron chi connectivity index (χ1n) is 9.62. The number of amides is 2. The Bertz CT molecular complexity index is 1210. The minimum atomic E-state index is -0.364. The Hall–Kier alpha value is -3.43. The molecule has 0 fully saturated rings. The number of rotatable bonds is 7. The summed E-state index contributed by atoms with van der Waals surface area (Å²) >= 11 is 2.71. The summed E-state index contributed by atoms with van der Waals surface area (Å²) in [5.41, 5.74) is 2.09. The first kappa shape index (κ1) is 21.8. The monoisotopic (exact) mass is 467 g/mol. The first-order chi connectivity index (χ1) is 15.5. The van der Waals surface area contributed by atoms with E-state index in [0.717, 1.165) is 10.5 Å². The molecule has 1 atom stereocenters. The van der Waals surface area contributed by atoms with Crippen molar-refractivity contribution in [1.82, 2.24) is 4.98 Å². The number of hydrogen-bond acceptors (Lipinski definition) is 6. The highest BCUT2D eigenvalue weighted by Crippen LogP contribution is 2.28. The molecule has 2 heterocycles. The van der Waals surface area contributed by atoms with Crippen LogP contribution in [-0.2, 0) is 4.79 Å². The Morgan fingerprint density at radius 3 is 2.50 bits per heavy atom. The molecular weight excluding hydrogens is 449 g/mol. The Kier molecular flexibility index (Phi) is 6.67. The number of aromatic nitrogens is 1. The number of hydrogen-bond donors (Lipinski definition) is 2. The van der Waals surface area contributed by atoms with Gasteiger partial charge in [-0.05, 0) is 67.6 Å². The number of thiazole rings is 1. The molecule has 0 radical (unpaired) electrons. The lowest BCUT2D eigenvalue weighted by Crippen LogP contribution is -2.22. The zero-order chi connectivity index (χ0) is 22.5. The van der Waals surface area contributed by atoms with Crippen molar-refractivity contribution in [2.75, 3.05) is 10.6 Å². The third-order valence-corrected chi connectivity index (χ3v) is 6.28. The molecule has 2 amide bonds. The average Bonchev–Trinajstić information content (AvgIpc) is 3.48. The van der Waals surface area contributed by atoms with Crippen LogP contribution in [0.1, 0.15) is 17.5 Å². The number of anilines is 2. The second-order valence-electron chi connectivity index (χ2n) is 6.75. The van der Waals surface area contributed by atoms with Crippen LogP contribution in [0.25, 0.3) is 11.3 Å². The molecule has 9 heteroatoms. The molecule has 0 aliphatic heterocycles. The molecule has 4 rings (SSSR count). The molecule has 0 saturated heterocycles. The van der Waals surface area contributed by atoms with Crippen molar-refractivity contribution in [2.24, 2.45) is 0 Å². The van der Waals surface area contributed by atoms with Crippen LogP contribution in [0, 0.1) is 5.82 Å². The van der Waals surface area contributed by atoms with E-state index in [2.05, 4.69) is 15.6 Å². The molecule has 1 unspecified atom stereocenters. The van der Waals surface area contributed by atoms with E-state index in [9.17, 15) is 14.0 Å². The van der Waals surface area contributed by atoms with E-state index < -0.39 is 0 Å². The predicted molar refractivity (Wildman–Crippen MR) is 125 cm³/mol. The van der Waals surface area contributed by atoms with Gasteiger partial charge in [-0.25, -0.2) is 9.37 Å². The van der Waals surface area contributed by atoms with E-state index in [-0.39, 0.29) is 28.6 Å². The fourth-order valence-corrected chi connectivity index (χ4v) is 4.36. The maximum atomic E-state index is 13.1. The largest absolute Gasteiger partial charge is 0.459 e.